The Kier molecular flexibility index (Phi) is 5.02. The summed E-state index contributed by atoms with van der Waals surface area (Å²) >= 11 is 0. The standard InChI is InChI=1S/C13H27NO2S/c1-13(2,8-9-14-3)11-6-5-7-12(10-11)17(4,15)16/h11-12,14H,5-10H2,1-4H3. The molecule has 1 saturated carbocycles. The van der Waals surface area contributed by atoms with E-state index < -0.39 is 9.84 Å². The Hall–Kier alpha value is -0.0900. The number of sulfone groups is 1. The first-order valence-corrected chi connectivity index (χ1v) is 8.56. The van der Waals surface area contributed by atoms with Gasteiger partial charge in [0.2, 0.25) is 0 Å². The minimum absolute atomic E-state index is 0.102. The average Bonchev–Trinajstić information content (AvgIpc) is 2.25. The van der Waals surface area contributed by atoms with Crippen LogP contribution in [0.25, 0.3) is 0 Å². The van der Waals surface area contributed by atoms with E-state index in [9.17, 15) is 8.42 Å². The zero-order valence-corrected chi connectivity index (χ0v) is 12.4. The molecule has 1 N–H and O–H groups in total. The van der Waals surface area contributed by atoms with Crippen molar-refractivity contribution in [3.05, 3.63) is 0 Å². The van der Waals surface area contributed by atoms with Gasteiger partial charge in [0, 0.05) is 6.26 Å². The van der Waals surface area contributed by atoms with Crippen molar-refractivity contribution in [1.29, 1.82) is 0 Å². The third-order valence-electron chi connectivity index (χ3n) is 4.36. The molecule has 1 rings (SSSR count). The van der Waals surface area contributed by atoms with E-state index in [0.29, 0.717) is 5.92 Å². The number of rotatable bonds is 5. The largest absolute Gasteiger partial charge is 0.320 e. The summed E-state index contributed by atoms with van der Waals surface area (Å²) in [5.41, 5.74) is 0.242. The van der Waals surface area contributed by atoms with E-state index in [4.69, 9.17) is 0 Å². The van der Waals surface area contributed by atoms with Crippen LogP contribution in [0.15, 0.2) is 0 Å². The Morgan fingerprint density at radius 3 is 2.47 bits per heavy atom. The molecule has 0 saturated heterocycles. The fourth-order valence-corrected chi connectivity index (χ4v) is 4.07. The minimum Gasteiger partial charge on any atom is -0.320 e. The second kappa shape index (κ2) is 5.70. The molecule has 0 heterocycles. The molecule has 1 fully saturated rings. The average molecular weight is 261 g/mol. The van der Waals surface area contributed by atoms with Crippen LogP contribution in [0, 0.1) is 11.3 Å². The molecule has 0 bridgehead atoms. The molecule has 0 aliphatic heterocycles. The topological polar surface area (TPSA) is 46.2 Å². The van der Waals surface area contributed by atoms with Crippen LogP contribution in [-0.4, -0.2) is 33.5 Å². The molecule has 0 aromatic carbocycles. The van der Waals surface area contributed by atoms with E-state index in [0.717, 1.165) is 32.2 Å². The fourth-order valence-electron chi connectivity index (χ4n) is 2.89. The molecule has 1 aliphatic carbocycles. The van der Waals surface area contributed by atoms with Crippen molar-refractivity contribution in [2.24, 2.45) is 11.3 Å². The highest BCUT2D eigenvalue weighted by Crippen LogP contribution is 2.41. The van der Waals surface area contributed by atoms with E-state index in [2.05, 4.69) is 19.2 Å². The SMILES string of the molecule is CNCCC(C)(C)C1CCCC(S(C)(=O)=O)C1. The lowest BCUT2D eigenvalue weighted by Crippen LogP contribution is -2.36. The molecule has 2 unspecified atom stereocenters. The maximum Gasteiger partial charge on any atom is 0.150 e. The molecular weight excluding hydrogens is 234 g/mol. The van der Waals surface area contributed by atoms with Gasteiger partial charge in [-0.2, -0.15) is 0 Å². The summed E-state index contributed by atoms with van der Waals surface area (Å²) in [5.74, 6) is 0.546. The minimum atomic E-state index is -2.86. The predicted molar refractivity (Wildman–Crippen MR) is 72.9 cm³/mol. The molecule has 1 aliphatic rings. The van der Waals surface area contributed by atoms with Crippen molar-refractivity contribution >= 4 is 9.84 Å². The molecule has 0 aromatic rings. The van der Waals surface area contributed by atoms with Gasteiger partial charge >= 0.3 is 0 Å². The molecule has 2 atom stereocenters. The molecule has 0 aromatic heterocycles. The van der Waals surface area contributed by atoms with Crippen LogP contribution >= 0.6 is 0 Å². The molecule has 17 heavy (non-hydrogen) atoms. The van der Waals surface area contributed by atoms with E-state index in [1.54, 1.807) is 0 Å². The normalized spacial score (nSPS) is 27.1. The third kappa shape index (κ3) is 4.25. The maximum atomic E-state index is 11.7. The van der Waals surface area contributed by atoms with E-state index in [1.807, 2.05) is 7.05 Å². The molecular formula is C13H27NO2S. The van der Waals surface area contributed by atoms with Crippen molar-refractivity contribution < 1.29 is 8.42 Å². The lowest BCUT2D eigenvalue weighted by Gasteiger charge is -2.39. The third-order valence-corrected chi connectivity index (χ3v) is 6.00. The van der Waals surface area contributed by atoms with E-state index >= 15 is 0 Å². The van der Waals surface area contributed by atoms with Gasteiger partial charge in [-0.1, -0.05) is 20.3 Å². The van der Waals surface area contributed by atoms with Crippen molar-refractivity contribution in [3.8, 4) is 0 Å². The van der Waals surface area contributed by atoms with Gasteiger partial charge in [0.05, 0.1) is 5.25 Å². The molecule has 4 heteroatoms. The zero-order chi connectivity index (χ0) is 13.1. The first kappa shape index (κ1) is 15.0. The summed E-state index contributed by atoms with van der Waals surface area (Å²) in [7, 11) is -0.887. The Morgan fingerprint density at radius 2 is 1.94 bits per heavy atom. The lowest BCUT2D eigenvalue weighted by molar-refractivity contribution is 0.148. The van der Waals surface area contributed by atoms with Gasteiger partial charge in [-0.15, -0.1) is 0 Å². The molecule has 0 amide bonds. The van der Waals surface area contributed by atoms with E-state index in [-0.39, 0.29) is 10.7 Å². The Morgan fingerprint density at radius 1 is 1.29 bits per heavy atom. The quantitative estimate of drug-likeness (QED) is 0.825. The highest BCUT2D eigenvalue weighted by Gasteiger charge is 2.36. The van der Waals surface area contributed by atoms with Crippen LogP contribution in [0.1, 0.15) is 46.0 Å². The van der Waals surface area contributed by atoms with E-state index in [1.165, 1.54) is 12.7 Å². The van der Waals surface area contributed by atoms with Crippen LogP contribution in [0.5, 0.6) is 0 Å². The smallest absolute Gasteiger partial charge is 0.150 e. The molecule has 3 nitrogen and oxygen atoms in total. The van der Waals surface area contributed by atoms with Crippen LogP contribution in [0.3, 0.4) is 0 Å². The van der Waals surface area contributed by atoms with Crippen molar-refractivity contribution in [2.45, 2.75) is 51.2 Å². The van der Waals surface area contributed by atoms with Crippen molar-refractivity contribution in [2.75, 3.05) is 19.8 Å². The fraction of sp³-hybridized carbons (Fsp3) is 1.00. The molecule has 0 radical (unpaired) electrons. The van der Waals surface area contributed by atoms with Crippen LogP contribution in [-0.2, 0) is 9.84 Å². The Bertz CT molecular complexity index is 335. The number of hydrogen-bond acceptors (Lipinski definition) is 3. The van der Waals surface area contributed by atoms with Gasteiger partial charge < -0.3 is 5.32 Å². The first-order valence-electron chi connectivity index (χ1n) is 6.61. The Labute approximate surface area is 106 Å². The Balaban J connectivity index is 2.66. The van der Waals surface area contributed by atoms with Crippen molar-refractivity contribution in [1.82, 2.24) is 5.32 Å². The number of hydrogen-bond donors (Lipinski definition) is 1. The summed E-state index contributed by atoms with van der Waals surface area (Å²) in [4.78, 5) is 0. The van der Waals surface area contributed by atoms with Crippen molar-refractivity contribution in [3.63, 3.8) is 0 Å². The van der Waals surface area contributed by atoms with Crippen LogP contribution in [0.2, 0.25) is 0 Å². The maximum absolute atomic E-state index is 11.7. The lowest BCUT2D eigenvalue weighted by atomic mass is 9.69. The predicted octanol–water partition coefficient (Wildman–Crippen LogP) is 2.23. The van der Waals surface area contributed by atoms with Crippen LogP contribution < -0.4 is 5.32 Å². The zero-order valence-electron chi connectivity index (χ0n) is 11.6. The summed E-state index contributed by atoms with van der Waals surface area (Å²) < 4.78 is 23.3. The van der Waals surface area contributed by atoms with Gasteiger partial charge in [0.15, 0.2) is 0 Å². The number of nitrogens with one attached hydrogen (secondary N) is 1. The van der Waals surface area contributed by atoms with Crippen LogP contribution in [0.4, 0.5) is 0 Å². The second-order valence-corrected chi connectivity index (χ2v) is 8.48. The summed E-state index contributed by atoms with van der Waals surface area (Å²) in [6.45, 7) is 5.56. The van der Waals surface area contributed by atoms with Gasteiger partial charge in [-0.3, -0.25) is 0 Å². The van der Waals surface area contributed by atoms with Gasteiger partial charge in [-0.05, 0) is 50.6 Å². The van der Waals surface area contributed by atoms with Gasteiger partial charge in [0.1, 0.15) is 9.84 Å². The van der Waals surface area contributed by atoms with Gasteiger partial charge in [-0.25, -0.2) is 8.42 Å². The van der Waals surface area contributed by atoms with Gasteiger partial charge in [0.25, 0.3) is 0 Å². The summed E-state index contributed by atoms with van der Waals surface area (Å²) in [6.07, 6.45) is 6.46. The highest BCUT2D eigenvalue weighted by atomic mass is 32.2. The summed E-state index contributed by atoms with van der Waals surface area (Å²) in [6, 6.07) is 0. The highest BCUT2D eigenvalue weighted by molar-refractivity contribution is 7.91. The monoisotopic (exact) mass is 261 g/mol. The molecule has 102 valence electrons. The first-order chi connectivity index (χ1) is 7.77. The summed E-state index contributed by atoms with van der Waals surface area (Å²) in [5, 5.41) is 3.08. The molecule has 0 spiro atoms. The second-order valence-electron chi connectivity index (χ2n) is 6.16.